The van der Waals surface area contributed by atoms with Gasteiger partial charge in [0.25, 0.3) is 0 Å². The Morgan fingerprint density at radius 3 is 0.509 bits per heavy atom. The fraction of sp³-hybridized carbons (Fsp3) is 0.0127. The maximum atomic E-state index is 17.1. The van der Waals surface area contributed by atoms with Crippen molar-refractivity contribution in [2.75, 3.05) is 0 Å². The van der Waals surface area contributed by atoms with Crippen LogP contribution in [0.4, 0.5) is 154 Å². The average Bonchev–Trinajstić information content (AvgIpc) is 1.52. The lowest BCUT2D eigenvalue weighted by molar-refractivity contribution is 0.379. The van der Waals surface area contributed by atoms with Crippen LogP contribution in [0, 0.1) is 211 Å². The summed E-state index contributed by atoms with van der Waals surface area (Å²) in [7, 11) is 0. The molecular formula is C79H19F35N2. The van der Waals surface area contributed by atoms with Crippen molar-refractivity contribution in [3.05, 3.63) is 306 Å². The van der Waals surface area contributed by atoms with Gasteiger partial charge >= 0.3 is 0 Å². The van der Waals surface area contributed by atoms with Gasteiger partial charge in [0.1, 0.15) is 23.3 Å². The quantitative estimate of drug-likeness (QED) is 0.0734. The highest BCUT2D eigenvalue weighted by molar-refractivity contribution is 6.14. The van der Waals surface area contributed by atoms with E-state index in [4.69, 9.17) is 0 Å². The molecule has 15 rings (SSSR count). The fourth-order valence-corrected chi connectivity index (χ4v) is 13.9. The zero-order valence-electron chi connectivity index (χ0n) is 55.4. The van der Waals surface area contributed by atoms with Crippen LogP contribution in [-0.4, -0.2) is 9.13 Å². The van der Waals surface area contributed by atoms with Crippen LogP contribution in [0.25, 0.3) is 144 Å². The van der Waals surface area contributed by atoms with Crippen LogP contribution in [0.2, 0.25) is 0 Å². The highest BCUT2D eigenvalue weighted by Gasteiger charge is 2.41. The first-order chi connectivity index (χ1) is 54.6. The molecule has 0 amide bonds. The molecule has 0 aliphatic carbocycles. The molecule has 590 valence electrons. The summed E-state index contributed by atoms with van der Waals surface area (Å²) in [6.07, 6.45) is 0. The first kappa shape index (κ1) is 78.3. The molecule has 2 nitrogen and oxygen atoms in total. The minimum Gasteiger partial charge on any atom is -0.309 e. The summed E-state index contributed by atoms with van der Waals surface area (Å²) in [6.45, 7) is 0.445. The molecule has 0 saturated carbocycles. The summed E-state index contributed by atoms with van der Waals surface area (Å²) in [6, 6.07) is 11.6. The van der Waals surface area contributed by atoms with Gasteiger partial charge in [-0.15, -0.1) is 0 Å². The van der Waals surface area contributed by atoms with E-state index < -0.39 is 342 Å². The van der Waals surface area contributed by atoms with Crippen LogP contribution in [-0.2, 0) is 0 Å². The first-order valence-electron chi connectivity index (χ1n) is 31.7. The molecule has 116 heavy (non-hydrogen) atoms. The molecule has 0 aliphatic rings. The molecule has 15 aromatic rings. The Morgan fingerprint density at radius 2 is 0.310 bits per heavy atom. The summed E-state index contributed by atoms with van der Waals surface area (Å²) in [5, 5.41) is -2.74. The number of nitrogens with zero attached hydrogens (tertiary/aromatic N) is 2. The summed E-state index contributed by atoms with van der Waals surface area (Å²) < 4.78 is 546. The van der Waals surface area contributed by atoms with Crippen LogP contribution in [0.1, 0.15) is 5.56 Å². The summed E-state index contributed by atoms with van der Waals surface area (Å²) >= 11 is 0. The Bertz CT molecular complexity index is 6120. The second kappa shape index (κ2) is 27.4. The third-order valence-corrected chi connectivity index (χ3v) is 19.2. The highest BCUT2D eigenvalue weighted by atomic mass is 19.2. The van der Waals surface area contributed by atoms with Gasteiger partial charge in [-0.05, 0) is 95.9 Å². The van der Waals surface area contributed by atoms with Crippen LogP contribution >= 0.6 is 0 Å². The highest BCUT2D eigenvalue weighted by Crippen LogP contribution is 2.50. The van der Waals surface area contributed by atoms with Crippen molar-refractivity contribution in [3.63, 3.8) is 0 Å². The van der Waals surface area contributed by atoms with Crippen LogP contribution in [0.3, 0.4) is 0 Å². The van der Waals surface area contributed by atoms with Crippen LogP contribution in [0.15, 0.2) is 97.1 Å². The predicted octanol–water partition coefficient (Wildman–Crippen LogP) is 26.4. The molecule has 0 N–H and O–H groups in total. The molecule has 0 saturated heterocycles. The summed E-state index contributed by atoms with van der Waals surface area (Å²) in [4.78, 5) is 0. The van der Waals surface area contributed by atoms with Gasteiger partial charge in [0.05, 0.1) is 88.8 Å². The average molecular weight is 1660 g/mol. The molecule has 0 radical (unpaired) electrons. The van der Waals surface area contributed by atoms with E-state index in [9.17, 15) is 39.5 Å². The zero-order chi connectivity index (χ0) is 84.3. The van der Waals surface area contributed by atoms with Gasteiger partial charge in [-0.3, -0.25) is 0 Å². The van der Waals surface area contributed by atoms with E-state index >= 15 is 114 Å². The van der Waals surface area contributed by atoms with Crippen molar-refractivity contribution >= 4 is 43.6 Å². The number of fused-ring (bicyclic) bond motifs is 6. The lowest BCUT2D eigenvalue weighted by Gasteiger charge is -2.16. The van der Waals surface area contributed by atoms with Crippen LogP contribution in [0.5, 0.6) is 0 Å². The van der Waals surface area contributed by atoms with E-state index in [2.05, 4.69) is 0 Å². The van der Waals surface area contributed by atoms with Gasteiger partial charge < -0.3 is 9.13 Å². The molecule has 37 heteroatoms. The van der Waals surface area contributed by atoms with Gasteiger partial charge in [0.15, 0.2) is 163 Å². The molecule has 13 aromatic carbocycles. The monoisotopic (exact) mass is 1660 g/mol. The second-order valence-electron chi connectivity index (χ2n) is 25.2. The Labute approximate surface area is 618 Å². The summed E-state index contributed by atoms with van der Waals surface area (Å²) in [5.41, 5.74) is -36.0. The number of hydrogen-bond acceptors (Lipinski definition) is 0. The minimum absolute atomic E-state index is 0.370. The normalized spacial score (nSPS) is 12.0. The number of halogens is 35. The Kier molecular flexibility index (Phi) is 18.5. The lowest BCUT2D eigenvalue weighted by Crippen LogP contribution is -2.09. The lowest BCUT2D eigenvalue weighted by atomic mass is 9.93. The molecule has 0 aliphatic heterocycles. The largest absolute Gasteiger partial charge is 0.309 e. The molecular weight excluding hydrogens is 1640 g/mol. The van der Waals surface area contributed by atoms with E-state index in [-0.39, 0.29) is 11.4 Å². The Hall–Kier alpha value is -13.0. The molecule has 0 atom stereocenters. The number of rotatable bonds is 10. The third kappa shape index (κ3) is 10.9. The van der Waals surface area contributed by atoms with E-state index in [1.165, 1.54) is 0 Å². The maximum Gasteiger partial charge on any atom is 0.200 e. The minimum atomic E-state index is -2.97. The summed E-state index contributed by atoms with van der Waals surface area (Å²) in [5.74, 6) is -98.1. The number of aromatic nitrogens is 2. The zero-order valence-corrected chi connectivity index (χ0v) is 55.4. The number of benzene rings is 13. The van der Waals surface area contributed by atoms with Crippen molar-refractivity contribution in [2.24, 2.45) is 0 Å². The van der Waals surface area contributed by atoms with Gasteiger partial charge in [-0.25, -0.2) is 154 Å². The van der Waals surface area contributed by atoms with Crippen molar-refractivity contribution in [1.29, 1.82) is 0 Å². The SMILES string of the molecule is Cc1c(F)c(F)c(-c2c(F)c(F)c(F)c(-c3ccc4c(c3)c3cc(-c5c(F)c(F)c(F)c(-c6c(F)c(F)c(F)c(F)c6F)c5F)ccc3n4-c3cccc(-n4c5ccc(-c6c(F)c(F)c(F)c(-c7c(F)c(F)c(F)c(F)c7F)c6F)cc5c5cc(-c6c(F)c(F)c(F)c(-c7c(F)c(F)c(F)c(F)c7F)c6F)ccc54)c3)c2F)c(F)c1F. The van der Waals surface area contributed by atoms with Gasteiger partial charge in [-0.2, -0.15) is 0 Å². The van der Waals surface area contributed by atoms with Crippen molar-refractivity contribution in [2.45, 2.75) is 6.92 Å². The van der Waals surface area contributed by atoms with E-state index in [0.717, 1.165) is 57.7 Å². The first-order valence-corrected chi connectivity index (χ1v) is 31.7. The molecule has 0 bridgehead atoms. The molecule has 0 spiro atoms. The Morgan fingerprint density at radius 1 is 0.155 bits per heavy atom. The van der Waals surface area contributed by atoms with Crippen molar-refractivity contribution in [1.82, 2.24) is 9.13 Å². The van der Waals surface area contributed by atoms with Gasteiger partial charge in [0, 0.05) is 38.5 Å². The topological polar surface area (TPSA) is 9.86 Å². The predicted molar refractivity (Wildman–Crippen MR) is 342 cm³/mol. The fourth-order valence-electron chi connectivity index (χ4n) is 13.9. The molecule has 0 fully saturated rings. The molecule has 0 unspecified atom stereocenters. The van der Waals surface area contributed by atoms with Crippen LogP contribution < -0.4 is 0 Å². The van der Waals surface area contributed by atoms with Gasteiger partial charge in [-0.1, -0.05) is 30.3 Å². The van der Waals surface area contributed by atoms with E-state index in [1.54, 1.807) is 0 Å². The van der Waals surface area contributed by atoms with Crippen molar-refractivity contribution < 1.29 is 154 Å². The van der Waals surface area contributed by atoms with Crippen molar-refractivity contribution in [3.8, 4) is 100 Å². The third-order valence-electron chi connectivity index (χ3n) is 19.2. The molecule has 2 heterocycles. The Balaban J connectivity index is 1.01. The second-order valence-corrected chi connectivity index (χ2v) is 25.2. The van der Waals surface area contributed by atoms with E-state index in [0.29, 0.717) is 55.5 Å². The van der Waals surface area contributed by atoms with E-state index in [1.807, 2.05) is 0 Å². The molecule has 2 aromatic heterocycles. The number of hydrogen-bond donors (Lipinski definition) is 0. The standard InChI is InChI=1S/C79H19F35N2/c1-18-45(80)55(90)41(56(91)46(18)81)37-47(82)33(51(86)67(102)57(37)92)19-5-9-29-25(13-19)26-14-20(34-48(83)38(58(93)68(103)52(34)87)42-61(96)71(106)77(112)72(107)62(42)97)6-10-30(26)115(29)23-3-2-4-24(17-23)116-31-11-7-21(35-49(84)39(59(94)69(104)53(35)88)43-63(98)73(108)78(113)74(109)64(43)99)15-27(31)28-16-22(8-12-32(28)116)36-50(85)40(60(95)70(105)54(36)89)44-65(100)75(110)79(114)76(111)66(44)101/h2-17H,1H3. The smallest absolute Gasteiger partial charge is 0.200 e. The van der Waals surface area contributed by atoms with Gasteiger partial charge in [0.2, 0.25) is 17.5 Å². The maximum absolute atomic E-state index is 17.1.